The molecule has 1 atom stereocenters. The third kappa shape index (κ3) is 5.20. The topological polar surface area (TPSA) is 21.3 Å². The van der Waals surface area contributed by atoms with Gasteiger partial charge in [0.1, 0.15) is 5.58 Å². The van der Waals surface area contributed by atoms with Crippen molar-refractivity contribution in [2.75, 3.05) is 4.90 Å². The second kappa shape index (κ2) is 12.8. The van der Waals surface area contributed by atoms with Crippen LogP contribution in [0, 0.1) is 0 Å². The molecule has 3 nitrogen and oxygen atoms in total. The van der Waals surface area contributed by atoms with Gasteiger partial charge in [-0.1, -0.05) is 152 Å². The van der Waals surface area contributed by atoms with Gasteiger partial charge in [0, 0.05) is 32.9 Å². The number of allylic oxidation sites excluding steroid dienone is 2. The number of anilines is 2. The Hall–Kier alpha value is -7.10. The van der Waals surface area contributed by atoms with E-state index in [1.807, 2.05) is 6.07 Å². The fourth-order valence-electron chi connectivity index (χ4n) is 8.71. The Morgan fingerprint density at radius 3 is 2.00 bits per heavy atom. The Labute approximate surface area is 319 Å². The van der Waals surface area contributed by atoms with Crippen LogP contribution in [0.1, 0.15) is 12.0 Å². The summed E-state index contributed by atoms with van der Waals surface area (Å²) in [6, 6.07) is 65.5. The Kier molecular flexibility index (Phi) is 7.31. The van der Waals surface area contributed by atoms with E-state index in [1.54, 1.807) is 0 Å². The molecule has 0 N–H and O–H groups in total. The van der Waals surface area contributed by atoms with Crippen molar-refractivity contribution in [2.24, 2.45) is 0 Å². The van der Waals surface area contributed by atoms with Crippen LogP contribution in [-0.2, 0) is 0 Å². The molecule has 1 unspecified atom stereocenters. The summed E-state index contributed by atoms with van der Waals surface area (Å²) < 4.78 is 8.99. The highest BCUT2D eigenvalue weighted by molar-refractivity contribution is 6.21. The molecule has 0 saturated carbocycles. The molecule has 1 aliphatic rings. The highest BCUT2D eigenvalue weighted by atomic mass is 16.3. The third-order valence-electron chi connectivity index (χ3n) is 11.3. The first kappa shape index (κ1) is 31.4. The predicted molar refractivity (Wildman–Crippen MR) is 232 cm³/mol. The second-order valence-corrected chi connectivity index (χ2v) is 14.4. The molecule has 0 aliphatic heterocycles. The van der Waals surface area contributed by atoms with Crippen molar-refractivity contribution < 1.29 is 4.42 Å². The van der Waals surface area contributed by atoms with Gasteiger partial charge in [0.05, 0.1) is 22.8 Å². The van der Waals surface area contributed by atoms with E-state index in [9.17, 15) is 0 Å². The molecule has 0 spiro atoms. The molecule has 55 heavy (non-hydrogen) atoms. The van der Waals surface area contributed by atoms with Crippen molar-refractivity contribution in [1.82, 2.24) is 4.57 Å². The molecule has 260 valence electrons. The number of rotatable bonds is 6. The van der Waals surface area contributed by atoms with Gasteiger partial charge in [-0.25, -0.2) is 0 Å². The summed E-state index contributed by atoms with van der Waals surface area (Å²) in [4.78, 5) is 2.44. The van der Waals surface area contributed by atoms with E-state index in [0.717, 1.165) is 45.4 Å². The average Bonchev–Trinajstić information content (AvgIpc) is 3.81. The van der Waals surface area contributed by atoms with Crippen LogP contribution >= 0.6 is 0 Å². The summed E-state index contributed by atoms with van der Waals surface area (Å²) in [6.07, 6.45) is 7.85. The average molecular weight is 705 g/mol. The minimum absolute atomic E-state index is 0.111. The summed E-state index contributed by atoms with van der Waals surface area (Å²) >= 11 is 0. The van der Waals surface area contributed by atoms with Crippen molar-refractivity contribution in [3.05, 3.63) is 206 Å². The van der Waals surface area contributed by atoms with E-state index >= 15 is 0 Å². The lowest BCUT2D eigenvalue weighted by molar-refractivity contribution is 0.664. The maximum Gasteiger partial charge on any atom is 0.159 e. The second-order valence-electron chi connectivity index (χ2n) is 14.4. The standard InChI is InChI=1S/C52H36N2O/c1-2-11-35(12-3-1)36-21-28-40(29-22-36)53(49-19-10-17-45-44-15-7-9-20-50(44)55-52(45)49)41-30-23-37(24-31-41)38-25-32-42(33-26-38)54-47-18-8-6-16-46(47)51-43-14-5-4-13-39(43)27-34-48(51)54/h1-28,30-34,40H,29H2. The largest absolute Gasteiger partial charge is 0.454 e. The number of hydrogen-bond donors (Lipinski definition) is 0. The van der Waals surface area contributed by atoms with E-state index in [0.29, 0.717) is 0 Å². The molecule has 1 aliphatic carbocycles. The number of hydrogen-bond acceptors (Lipinski definition) is 2. The van der Waals surface area contributed by atoms with Crippen LogP contribution in [0.15, 0.2) is 205 Å². The molecule has 0 amide bonds. The Morgan fingerprint density at radius 1 is 0.509 bits per heavy atom. The Balaban J connectivity index is 0.968. The fourth-order valence-corrected chi connectivity index (χ4v) is 8.71. The molecule has 2 heterocycles. The molecule has 0 bridgehead atoms. The van der Waals surface area contributed by atoms with Crippen molar-refractivity contribution in [1.29, 1.82) is 0 Å². The number of benzene rings is 8. The van der Waals surface area contributed by atoms with Crippen LogP contribution in [-0.4, -0.2) is 10.6 Å². The summed E-state index contributed by atoms with van der Waals surface area (Å²) in [7, 11) is 0. The van der Waals surface area contributed by atoms with Crippen molar-refractivity contribution in [3.63, 3.8) is 0 Å². The lowest BCUT2D eigenvalue weighted by atomic mass is 9.95. The van der Waals surface area contributed by atoms with Gasteiger partial charge < -0.3 is 13.9 Å². The summed E-state index contributed by atoms with van der Waals surface area (Å²) in [5.41, 5.74) is 12.4. The van der Waals surface area contributed by atoms with Crippen molar-refractivity contribution in [2.45, 2.75) is 12.5 Å². The van der Waals surface area contributed by atoms with E-state index in [1.165, 1.54) is 54.8 Å². The zero-order valence-electron chi connectivity index (χ0n) is 30.1. The fraction of sp³-hybridized carbons (Fsp3) is 0.0385. The Morgan fingerprint density at radius 2 is 1.20 bits per heavy atom. The molecule has 0 fully saturated rings. The first-order valence-corrected chi connectivity index (χ1v) is 19.0. The quantitative estimate of drug-likeness (QED) is 0.172. The lowest BCUT2D eigenvalue weighted by Crippen LogP contribution is -2.30. The van der Waals surface area contributed by atoms with E-state index in [-0.39, 0.29) is 6.04 Å². The number of aromatic nitrogens is 1. The first-order valence-electron chi connectivity index (χ1n) is 19.0. The van der Waals surface area contributed by atoms with Gasteiger partial charge in [0.2, 0.25) is 0 Å². The zero-order valence-corrected chi connectivity index (χ0v) is 30.1. The van der Waals surface area contributed by atoms with Gasteiger partial charge >= 0.3 is 0 Å². The highest BCUT2D eigenvalue weighted by Crippen LogP contribution is 2.42. The molecule has 2 aromatic heterocycles. The molecule has 0 saturated heterocycles. The number of fused-ring (bicyclic) bond motifs is 8. The SMILES string of the molecule is C1=CC(N(c2ccc(-c3ccc(-n4c5ccccc5c5c6ccccc6ccc54)cc3)cc2)c2cccc3c2oc2ccccc23)CC=C1c1ccccc1. The van der Waals surface area contributed by atoms with Crippen molar-refractivity contribution >= 4 is 71.5 Å². The molecule has 8 aromatic carbocycles. The predicted octanol–water partition coefficient (Wildman–Crippen LogP) is 14.1. The Bertz CT molecular complexity index is 3110. The number of para-hydroxylation sites is 3. The van der Waals surface area contributed by atoms with Crippen molar-refractivity contribution in [3.8, 4) is 16.8 Å². The molecule has 0 radical (unpaired) electrons. The molecular formula is C52H36N2O. The maximum atomic E-state index is 6.59. The maximum absolute atomic E-state index is 6.59. The molecule has 3 heteroatoms. The minimum atomic E-state index is 0.111. The van der Waals surface area contributed by atoms with Gasteiger partial charge in [-0.05, 0) is 88.0 Å². The first-order chi connectivity index (χ1) is 27.3. The van der Waals surface area contributed by atoms with Gasteiger partial charge in [-0.2, -0.15) is 0 Å². The van der Waals surface area contributed by atoms with Gasteiger partial charge in [-0.15, -0.1) is 0 Å². The van der Waals surface area contributed by atoms with Crippen LogP contribution in [0.5, 0.6) is 0 Å². The minimum Gasteiger partial charge on any atom is -0.454 e. The monoisotopic (exact) mass is 704 g/mol. The normalized spacial score (nSPS) is 14.3. The van der Waals surface area contributed by atoms with E-state index < -0.39 is 0 Å². The van der Waals surface area contributed by atoms with Crippen LogP contribution in [0.3, 0.4) is 0 Å². The molecule has 10 aromatic rings. The smallest absolute Gasteiger partial charge is 0.159 e. The molecule has 11 rings (SSSR count). The number of nitrogens with zero attached hydrogens (tertiary/aromatic N) is 2. The van der Waals surface area contributed by atoms with Crippen LogP contribution in [0.4, 0.5) is 11.4 Å². The van der Waals surface area contributed by atoms with E-state index in [4.69, 9.17) is 4.42 Å². The van der Waals surface area contributed by atoms with Gasteiger partial charge in [-0.3, -0.25) is 0 Å². The number of furan rings is 1. The highest BCUT2D eigenvalue weighted by Gasteiger charge is 2.24. The molecular weight excluding hydrogens is 669 g/mol. The van der Waals surface area contributed by atoms with Gasteiger partial charge in [0.25, 0.3) is 0 Å². The third-order valence-corrected chi connectivity index (χ3v) is 11.3. The van der Waals surface area contributed by atoms with Crippen LogP contribution in [0.2, 0.25) is 0 Å². The lowest BCUT2D eigenvalue weighted by Gasteiger charge is -2.33. The van der Waals surface area contributed by atoms with Crippen LogP contribution < -0.4 is 4.90 Å². The van der Waals surface area contributed by atoms with E-state index in [2.05, 4.69) is 204 Å². The zero-order chi connectivity index (χ0) is 36.3. The summed E-state index contributed by atoms with van der Waals surface area (Å²) in [5.74, 6) is 0. The summed E-state index contributed by atoms with van der Waals surface area (Å²) in [5, 5.41) is 7.39. The van der Waals surface area contributed by atoms with Crippen LogP contribution in [0.25, 0.3) is 76.9 Å². The summed E-state index contributed by atoms with van der Waals surface area (Å²) in [6.45, 7) is 0. The van der Waals surface area contributed by atoms with Gasteiger partial charge in [0.15, 0.2) is 5.58 Å².